The summed E-state index contributed by atoms with van der Waals surface area (Å²) in [4.78, 5) is 22.6. The summed E-state index contributed by atoms with van der Waals surface area (Å²) in [5, 5.41) is 6.63. The first-order chi connectivity index (χ1) is 16.4. The molecule has 4 N–H and O–H groups in total. The van der Waals surface area contributed by atoms with Gasteiger partial charge in [-0.3, -0.25) is 4.79 Å². The SMILES string of the molecule is CN1CCC(Oc2ccc(Nc3ncc(F)c(NC4C5C=CC(C5)C4C(N)=O)n3)cc2Cl)CC1. The molecule has 4 atom stereocenters. The van der Waals surface area contributed by atoms with Gasteiger partial charge in [-0.05, 0) is 56.3 Å². The number of nitrogens with one attached hydrogen (secondary N) is 2. The lowest BCUT2D eigenvalue weighted by molar-refractivity contribution is -0.122. The van der Waals surface area contributed by atoms with Crippen LogP contribution in [0.25, 0.3) is 0 Å². The van der Waals surface area contributed by atoms with Crippen LogP contribution in [-0.4, -0.2) is 53.1 Å². The number of nitrogens with zero attached hydrogens (tertiary/aromatic N) is 3. The molecule has 0 radical (unpaired) electrons. The highest BCUT2D eigenvalue weighted by Crippen LogP contribution is 2.45. The Balaban J connectivity index is 1.27. The molecule has 180 valence electrons. The molecule has 5 rings (SSSR count). The second-order valence-corrected chi connectivity index (χ2v) is 9.73. The van der Waals surface area contributed by atoms with Gasteiger partial charge in [-0.2, -0.15) is 4.98 Å². The summed E-state index contributed by atoms with van der Waals surface area (Å²) in [7, 11) is 2.10. The quantitative estimate of drug-likeness (QED) is 0.514. The normalized spacial score (nSPS) is 26.6. The number of primary amides is 1. The van der Waals surface area contributed by atoms with Crippen LogP contribution in [0.1, 0.15) is 19.3 Å². The van der Waals surface area contributed by atoms with Crippen LogP contribution in [0.3, 0.4) is 0 Å². The standard InChI is InChI=1S/C24H28ClFN6O2/c1-32-8-6-16(7-9-32)34-19-5-4-15(11-17(19)25)29-24-28-12-18(26)23(31-24)30-21-14-3-2-13(10-14)20(21)22(27)33/h2-5,11-14,16,20-21H,6-10H2,1H3,(H2,27,33)(H2,28,29,30,31). The number of hydrogen-bond acceptors (Lipinski definition) is 7. The largest absolute Gasteiger partial charge is 0.489 e. The molecule has 34 heavy (non-hydrogen) atoms. The Labute approximate surface area is 202 Å². The minimum atomic E-state index is -0.597. The molecule has 2 heterocycles. The van der Waals surface area contributed by atoms with E-state index in [4.69, 9.17) is 22.1 Å². The predicted octanol–water partition coefficient (Wildman–Crippen LogP) is 3.57. The Hall–Kier alpha value is -2.91. The molecule has 1 saturated carbocycles. The van der Waals surface area contributed by atoms with Gasteiger partial charge in [0.15, 0.2) is 11.6 Å². The molecule has 3 aliphatic rings. The van der Waals surface area contributed by atoms with E-state index < -0.39 is 11.7 Å². The van der Waals surface area contributed by atoms with Crippen LogP contribution in [-0.2, 0) is 4.79 Å². The number of benzene rings is 1. The smallest absolute Gasteiger partial charge is 0.229 e. The van der Waals surface area contributed by atoms with Crippen molar-refractivity contribution in [3.8, 4) is 5.75 Å². The zero-order valence-corrected chi connectivity index (χ0v) is 19.6. The highest BCUT2D eigenvalue weighted by atomic mass is 35.5. The minimum absolute atomic E-state index is 0.0306. The number of likely N-dealkylation sites (tertiary alicyclic amines) is 1. The fraction of sp³-hybridized carbons (Fsp3) is 0.458. The minimum Gasteiger partial charge on any atom is -0.489 e. The molecular formula is C24H28ClFN6O2. The summed E-state index contributed by atoms with van der Waals surface area (Å²) in [5.41, 5.74) is 6.26. The molecular weight excluding hydrogens is 459 g/mol. The third-order valence-corrected chi connectivity index (χ3v) is 7.28. The number of amides is 1. The molecule has 2 bridgehead atoms. The van der Waals surface area contributed by atoms with Crippen molar-refractivity contribution < 1.29 is 13.9 Å². The van der Waals surface area contributed by atoms with Crippen molar-refractivity contribution in [3.05, 3.63) is 47.4 Å². The van der Waals surface area contributed by atoms with Crippen molar-refractivity contribution in [2.75, 3.05) is 30.8 Å². The monoisotopic (exact) mass is 486 g/mol. The van der Waals surface area contributed by atoms with Crippen molar-refractivity contribution in [1.82, 2.24) is 14.9 Å². The zero-order chi connectivity index (χ0) is 23.8. The van der Waals surface area contributed by atoms with E-state index in [0.29, 0.717) is 16.5 Å². The van der Waals surface area contributed by atoms with E-state index in [0.717, 1.165) is 38.5 Å². The maximum absolute atomic E-state index is 14.5. The molecule has 2 aromatic rings. The van der Waals surface area contributed by atoms with Crippen LogP contribution < -0.4 is 21.1 Å². The molecule has 1 aliphatic heterocycles. The Bertz CT molecular complexity index is 1110. The number of aromatic nitrogens is 2. The van der Waals surface area contributed by atoms with Crippen LogP contribution in [0, 0.1) is 23.6 Å². The first kappa shape index (κ1) is 22.9. The van der Waals surface area contributed by atoms with E-state index in [2.05, 4.69) is 38.6 Å². The predicted molar refractivity (Wildman–Crippen MR) is 129 cm³/mol. The number of hydrogen-bond donors (Lipinski definition) is 3. The molecule has 1 saturated heterocycles. The van der Waals surface area contributed by atoms with Gasteiger partial charge in [-0.15, -0.1) is 0 Å². The van der Waals surface area contributed by atoms with E-state index in [9.17, 15) is 9.18 Å². The molecule has 1 aromatic carbocycles. The number of carbonyl (C=O) groups excluding carboxylic acids is 1. The Morgan fingerprint density at radius 1 is 1.26 bits per heavy atom. The second kappa shape index (κ2) is 9.38. The summed E-state index contributed by atoms with van der Waals surface area (Å²) in [6.45, 7) is 2.00. The molecule has 4 unspecified atom stereocenters. The summed E-state index contributed by atoms with van der Waals surface area (Å²) in [5.74, 6) is -0.312. The average Bonchev–Trinajstić information content (AvgIpc) is 3.41. The lowest BCUT2D eigenvalue weighted by Crippen LogP contribution is -2.41. The lowest BCUT2D eigenvalue weighted by Gasteiger charge is -2.29. The fourth-order valence-electron chi connectivity index (χ4n) is 5.18. The highest BCUT2D eigenvalue weighted by molar-refractivity contribution is 6.32. The van der Waals surface area contributed by atoms with Gasteiger partial charge in [0.1, 0.15) is 11.9 Å². The summed E-state index contributed by atoms with van der Waals surface area (Å²) in [6.07, 6.45) is 8.06. The van der Waals surface area contributed by atoms with E-state index >= 15 is 0 Å². The molecule has 10 heteroatoms. The van der Waals surface area contributed by atoms with Crippen LogP contribution >= 0.6 is 11.6 Å². The van der Waals surface area contributed by atoms with Crippen LogP contribution in [0.2, 0.25) is 5.02 Å². The van der Waals surface area contributed by atoms with Gasteiger partial charge in [0, 0.05) is 24.8 Å². The fourth-order valence-corrected chi connectivity index (χ4v) is 5.40. The number of halogens is 2. The molecule has 0 spiro atoms. The second-order valence-electron chi connectivity index (χ2n) is 9.33. The van der Waals surface area contributed by atoms with Crippen molar-refractivity contribution >= 4 is 35.0 Å². The topological polar surface area (TPSA) is 105 Å². The van der Waals surface area contributed by atoms with Gasteiger partial charge in [0.05, 0.1) is 17.1 Å². The van der Waals surface area contributed by atoms with Crippen molar-refractivity contribution in [3.63, 3.8) is 0 Å². The first-order valence-electron chi connectivity index (χ1n) is 11.6. The third-order valence-electron chi connectivity index (χ3n) is 6.98. The van der Waals surface area contributed by atoms with E-state index in [1.807, 2.05) is 18.2 Å². The van der Waals surface area contributed by atoms with Crippen molar-refractivity contribution in [2.24, 2.45) is 23.5 Å². The maximum Gasteiger partial charge on any atom is 0.229 e. The van der Waals surface area contributed by atoms with Gasteiger partial charge < -0.3 is 26.0 Å². The molecule has 8 nitrogen and oxygen atoms in total. The number of carbonyl (C=O) groups is 1. The zero-order valence-electron chi connectivity index (χ0n) is 18.9. The van der Waals surface area contributed by atoms with Crippen LogP contribution in [0.15, 0.2) is 36.5 Å². The number of nitrogens with two attached hydrogens (primary N) is 1. The van der Waals surface area contributed by atoms with Crippen molar-refractivity contribution in [2.45, 2.75) is 31.4 Å². The van der Waals surface area contributed by atoms with Gasteiger partial charge in [0.25, 0.3) is 0 Å². The summed E-state index contributed by atoms with van der Waals surface area (Å²) < 4.78 is 20.6. The summed E-state index contributed by atoms with van der Waals surface area (Å²) in [6, 6.07) is 5.07. The van der Waals surface area contributed by atoms with Gasteiger partial charge in [-0.25, -0.2) is 9.37 Å². The van der Waals surface area contributed by atoms with Gasteiger partial charge in [-0.1, -0.05) is 23.8 Å². The summed E-state index contributed by atoms with van der Waals surface area (Å²) >= 11 is 6.46. The average molecular weight is 487 g/mol. The van der Waals surface area contributed by atoms with Crippen molar-refractivity contribution in [1.29, 1.82) is 0 Å². The van der Waals surface area contributed by atoms with Gasteiger partial charge in [0.2, 0.25) is 11.9 Å². The number of anilines is 3. The highest BCUT2D eigenvalue weighted by Gasteiger charge is 2.47. The number of allylic oxidation sites excluding steroid dienone is 1. The number of fused-ring (bicyclic) bond motifs is 2. The lowest BCUT2D eigenvalue weighted by atomic mass is 9.88. The Kier molecular flexibility index (Phi) is 6.31. The van der Waals surface area contributed by atoms with E-state index in [1.54, 1.807) is 6.07 Å². The van der Waals surface area contributed by atoms with E-state index in [-0.39, 0.29) is 41.7 Å². The number of piperidine rings is 1. The third kappa shape index (κ3) is 4.67. The first-order valence-corrected chi connectivity index (χ1v) is 11.9. The molecule has 1 amide bonds. The molecule has 2 fully saturated rings. The maximum atomic E-state index is 14.5. The number of rotatable bonds is 7. The van der Waals surface area contributed by atoms with Crippen LogP contribution in [0.4, 0.5) is 21.8 Å². The van der Waals surface area contributed by atoms with Crippen LogP contribution in [0.5, 0.6) is 5.75 Å². The van der Waals surface area contributed by atoms with Gasteiger partial charge >= 0.3 is 0 Å². The van der Waals surface area contributed by atoms with E-state index in [1.165, 1.54) is 0 Å². The number of ether oxygens (including phenoxy) is 1. The molecule has 2 aliphatic carbocycles. The molecule has 1 aromatic heterocycles. The Morgan fingerprint density at radius 2 is 2.03 bits per heavy atom. The Morgan fingerprint density at radius 3 is 2.76 bits per heavy atom.